The molecule has 1 aromatic heterocycles. The highest BCUT2D eigenvalue weighted by molar-refractivity contribution is 5.18. The Bertz CT molecular complexity index is 431. The van der Waals surface area contributed by atoms with E-state index in [9.17, 15) is 10.1 Å². The number of phenols is 1. The molecule has 0 aliphatic carbocycles. The summed E-state index contributed by atoms with van der Waals surface area (Å²) in [5.74, 6) is 0.208. The Morgan fingerprint density at radius 2 is 1.69 bits per heavy atom. The number of aromatic hydroxyl groups is 1. The number of nitrogens with zero attached hydrogens (tertiary/aromatic N) is 2. The fourth-order valence-electron chi connectivity index (χ4n) is 0.890. The first kappa shape index (κ1) is 11.6. The molecule has 2 aromatic rings. The fourth-order valence-corrected chi connectivity index (χ4v) is 0.890. The van der Waals surface area contributed by atoms with Gasteiger partial charge in [-0.15, -0.1) is 0 Å². The number of aromatic nitrogens is 1. The van der Waals surface area contributed by atoms with E-state index in [4.69, 9.17) is 5.11 Å². The van der Waals surface area contributed by atoms with Gasteiger partial charge in [0.1, 0.15) is 11.9 Å². The van der Waals surface area contributed by atoms with Crippen molar-refractivity contribution in [1.82, 2.24) is 4.98 Å². The molecule has 0 saturated carbocycles. The summed E-state index contributed by atoms with van der Waals surface area (Å²) in [6.07, 6.45) is 1.39. The van der Waals surface area contributed by atoms with Gasteiger partial charge < -0.3 is 15.2 Å². The Hall–Kier alpha value is -2.43. The first-order valence-electron chi connectivity index (χ1n) is 4.49. The van der Waals surface area contributed by atoms with Crippen molar-refractivity contribution in [3.63, 3.8) is 0 Å². The highest BCUT2D eigenvalue weighted by atomic mass is 16.6. The maximum atomic E-state index is 9.94. The van der Waals surface area contributed by atoms with Crippen LogP contribution in [-0.4, -0.2) is 15.0 Å². The van der Waals surface area contributed by atoms with Crippen LogP contribution in [-0.2, 0) is 0 Å². The van der Waals surface area contributed by atoms with Gasteiger partial charge in [-0.2, -0.15) is 0 Å². The van der Waals surface area contributed by atoms with E-state index in [1.54, 1.807) is 36.4 Å². The monoisotopic (exact) mass is 218 g/mol. The molecule has 0 atom stereocenters. The third kappa shape index (κ3) is 4.19. The molecule has 1 N–H and O–H groups in total. The van der Waals surface area contributed by atoms with E-state index < -0.39 is 4.92 Å². The number of rotatable bonds is 1. The van der Waals surface area contributed by atoms with Crippen LogP contribution >= 0.6 is 0 Å². The van der Waals surface area contributed by atoms with Crippen molar-refractivity contribution < 1.29 is 10.0 Å². The highest BCUT2D eigenvalue weighted by Gasteiger charge is 2.00. The topological polar surface area (TPSA) is 76.3 Å². The number of phenolic OH excluding ortho intramolecular Hbond substituents is 1. The standard InChI is InChI=1S/C6H6O.C5H4N2O2/c7-6-4-2-1-3-5-6;8-7(9)5-3-1-2-4-6-5/h1-5,7H;1-4H. The number of pyridine rings is 1. The number of hydrogen-bond acceptors (Lipinski definition) is 4. The first-order valence-corrected chi connectivity index (χ1v) is 4.49. The van der Waals surface area contributed by atoms with E-state index >= 15 is 0 Å². The maximum Gasteiger partial charge on any atom is 0.363 e. The summed E-state index contributed by atoms with van der Waals surface area (Å²) in [5, 5.41) is 18.6. The lowest BCUT2D eigenvalue weighted by atomic mass is 10.3. The van der Waals surface area contributed by atoms with Crippen LogP contribution in [0.3, 0.4) is 0 Å². The number of nitro groups is 1. The summed E-state index contributed by atoms with van der Waals surface area (Å²) in [6.45, 7) is 0. The number of para-hydroxylation sites is 1. The summed E-state index contributed by atoms with van der Waals surface area (Å²) in [6, 6.07) is 13.3. The SMILES string of the molecule is O=[N+]([O-])c1ccccn1.Oc1ccccc1. The van der Waals surface area contributed by atoms with Crippen LogP contribution in [0.4, 0.5) is 5.82 Å². The number of hydrogen-bond donors (Lipinski definition) is 1. The Labute approximate surface area is 92.2 Å². The minimum absolute atomic E-state index is 0.113. The van der Waals surface area contributed by atoms with Gasteiger partial charge in [0.25, 0.3) is 0 Å². The van der Waals surface area contributed by atoms with Gasteiger partial charge in [-0.3, -0.25) is 0 Å². The third-order valence-electron chi connectivity index (χ3n) is 1.59. The molecule has 0 unspecified atom stereocenters. The largest absolute Gasteiger partial charge is 0.508 e. The van der Waals surface area contributed by atoms with Crippen molar-refractivity contribution in [3.8, 4) is 5.75 Å². The average molecular weight is 218 g/mol. The molecule has 0 bridgehead atoms. The predicted molar refractivity (Wildman–Crippen MR) is 59.0 cm³/mol. The zero-order chi connectivity index (χ0) is 11.8. The Morgan fingerprint density at radius 1 is 1.06 bits per heavy atom. The molecule has 1 aromatic carbocycles. The summed E-state index contributed by atoms with van der Waals surface area (Å²) >= 11 is 0. The lowest BCUT2D eigenvalue weighted by molar-refractivity contribution is -0.389. The molecule has 0 aliphatic rings. The molecule has 0 fully saturated rings. The van der Waals surface area contributed by atoms with E-state index in [0.717, 1.165) is 0 Å². The van der Waals surface area contributed by atoms with E-state index in [1.165, 1.54) is 12.3 Å². The van der Waals surface area contributed by atoms with E-state index in [-0.39, 0.29) is 5.82 Å². The Balaban J connectivity index is 0.000000165. The van der Waals surface area contributed by atoms with Crippen molar-refractivity contribution in [2.75, 3.05) is 0 Å². The molecule has 5 heteroatoms. The summed E-state index contributed by atoms with van der Waals surface area (Å²) in [7, 11) is 0. The molecule has 5 nitrogen and oxygen atoms in total. The second kappa shape index (κ2) is 6.13. The second-order valence-electron chi connectivity index (χ2n) is 2.78. The lowest BCUT2D eigenvalue weighted by Gasteiger charge is -1.86. The van der Waals surface area contributed by atoms with Gasteiger partial charge in [0.05, 0.1) is 0 Å². The first-order chi connectivity index (χ1) is 7.70. The van der Waals surface area contributed by atoms with E-state index in [2.05, 4.69) is 4.98 Å². The minimum atomic E-state index is -0.528. The minimum Gasteiger partial charge on any atom is -0.508 e. The van der Waals surface area contributed by atoms with Crippen LogP contribution in [0, 0.1) is 10.1 Å². The molecule has 1 heterocycles. The molecule has 0 radical (unpaired) electrons. The van der Waals surface area contributed by atoms with Gasteiger partial charge in [0, 0.05) is 6.07 Å². The summed E-state index contributed by atoms with van der Waals surface area (Å²) in [5.41, 5.74) is 0. The van der Waals surface area contributed by atoms with Crippen molar-refractivity contribution in [2.45, 2.75) is 0 Å². The Kier molecular flexibility index (Phi) is 4.46. The van der Waals surface area contributed by atoms with Crippen molar-refractivity contribution in [1.29, 1.82) is 0 Å². The van der Waals surface area contributed by atoms with Gasteiger partial charge in [-0.25, -0.2) is 0 Å². The normalized spacial score (nSPS) is 8.75. The van der Waals surface area contributed by atoms with Crippen molar-refractivity contribution in [2.24, 2.45) is 0 Å². The quantitative estimate of drug-likeness (QED) is 0.588. The van der Waals surface area contributed by atoms with Gasteiger partial charge in [0.15, 0.2) is 0 Å². The summed E-state index contributed by atoms with van der Waals surface area (Å²) < 4.78 is 0. The molecule has 16 heavy (non-hydrogen) atoms. The van der Waals surface area contributed by atoms with E-state index in [0.29, 0.717) is 5.75 Å². The molecule has 82 valence electrons. The predicted octanol–water partition coefficient (Wildman–Crippen LogP) is 2.38. The van der Waals surface area contributed by atoms with Crippen LogP contribution in [0.5, 0.6) is 5.75 Å². The fraction of sp³-hybridized carbons (Fsp3) is 0. The van der Waals surface area contributed by atoms with Crippen LogP contribution < -0.4 is 0 Å². The average Bonchev–Trinajstić information content (AvgIpc) is 2.32. The van der Waals surface area contributed by atoms with Gasteiger partial charge in [0.2, 0.25) is 0 Å². The zero-order valence-electron chi connectivity index (χ0n) is 8.35. The smallest absolute Gasteiger partial charge is 0.363 e. The van der Waals surface area contributed by atoms with Gasteiger partial charge >= 0.3 is 5.82 Å². The zero-order valence-corrected chi connectivity index (χ0v) is 8.35. The molecule has 0 saturated heterocycles. The Morgan fingerprint density at radius 3 is 2.00 bits per heavy atom. The maximum absolute atomic E-state index is 9.94. The summed E-state index contributed by atoms with van der Waals surface area (Å²) in [4.78, 5) is 12.9. The molecule has 0 amide bonds. The lowest BCUT2D eigenvalue weighted by Crippen LogP contribution is -1.88. The molecule has 0 aliphatic heterocycles. The van der Waals surface area contributed by atoms with Gasteiger partial charge in [-0.1, -0.05) is 24.3 Å². The van der Waals surface area contributed by atoms with Crippen molar-refractivity contribution in [3.05, 3.63) is 64.8 Å². The second-order valence-corrected chi connectivity index (χ2v) is 2.78. The van der Waals surface area contributed by atoms with Crippen molar-refractivity contribution >= 4 is 5.82 Å². The van der Waals surface area contributed by atoms with E-state index in [1.807, 2.05) is 6.07 Å². The van der Waals surface area contributed by atoms with Crippen LogP contribution in [0.2, 0.25) is 0 Å². The van der Waals surface area contributed by atoms with Gasteiger partial charge in [-0.05, 0) is 28.1 Å². The molecule has 0 spiro atoms. The highest BCUT2D eigenvalue weighted by Crippen LogP contribution is 2.03. The van der Waals surface area contributed by atoms with Crippen LogP contribution in [0.25, 0.3) is 0 Å². The molecule has 2 rings (SSSR count). The molecular weight excluding hydrogens is 208 g/mol. The third-order valence-corrected chi connectivity index (χ3v) is 1.59. The number of benzene rings is 1. The van der Waals surface area contributed by atoms with Crippen LogP contribution in [0.1, 0.15) is 0 Å². The molecular formula is C11H10N2O3. The van der Waals surface area contributed by atoms with Crippen LogP contribution in [0.15, 0.2) is 54.7 Å².